The molecule has 5 heterocycles. The first-order chi connectivity index (χ1) is 24.4. The topological polar surface area (TPSA) is 95.2 Å². The van der Waals surface area contributed by atoms with E-state index in [1.807, 2.05) is 18.2 Å². The van der Waals surface area contributed by atoms with Gasteiger partial charge >= 0.3 is 0 Å². The van der Waals surface area contributed by atoms with Crippen LogP contribution in [0.5, 0.6) is 0 Å². The molecule has 1 unspecified atom stereocenters. The lowest BCUT2D eigenvalue weighted by molar-refractivity contribution is -0.134. The summed E-state index contributed by atoms with van der Waals surface area (Å²) in [4.78, 5) is 49.5. The van der Waals surface area contributed by atoms with Crippen LogP contribution in [0.4, 0.5) is 11.4 Å². The van der Waals surface area contributed by atoms with E-state index in [-0.39, 0.29) is 23.3 Å². The first-order valence-corrected chi connectivity index (χ1v) is 19.0. The number of piperazine rings is 1. The van der Waals surface area contributed by atoms with Crippen LogP contribution in [0.2, 0.25) is 0 Å². The first kappa shape index (κ1) is 31.7. The van der Waals surface area contributed by atoms with Gasteiger partial charge in [0, 0.05) is 73.6 Å². The minimum absolute atomic E-state index is 0.174. The minimum Gasteiger partial charge on any atom is -0.371 e. The number of rotatable bonds is 5. The van der Waals surface area contributed by atoms with Crippen LogP contribution in [-0.2, 0) is 9.59 Å². The fourth-order valence-corrected chi connectivity index (χ4v) is 9.62. The molecule has 5 aromatic rings. The molecule has 0 bridgehead atoms. The second-order valence-corrected chi connectivity index (χ2v) is 15.4. The molecule has 3 aromatic carbocycles. The summed E-state index contributed by atoms with van der Waals surface area (Å²) in [7, 11) is 0. The van der Waals surface area contributed by atoms with Crippen molar-refractivity contribution in [3.63, 3.8) is 0 Å². The number of benzene rings is 3. The molecule has 1 N–H and O–H groups in total. The number of imidazole rings is 1. The predicted molar refractivity (Wildman–Crippen MR) is 200 cm³/mol. The predicted octanol–water partition coefficient (Wildman–Crippen LogP) is 5.99. The summed E-state index contributed by atoms with van der Waals surface area (Å²) in [6.07, 6.45) is 7.90. The fourth-order valence-electron chi connectivity index (χ4n) is 9.10. The van der Waals surface area contributed by atoms with Crippen molar-refractivity contribution in [1.29, 1.82) is 0 Å². The maximum absolute atomic E-state index is 13.3. The molecule has 258 valence electrons. The van der Waals surface area contributed by atoms with Crippen LogP contribution in [0.3, 0.4) is 0 Å². The summed E-state index contributed by atoms with van der Waals surface area (Å²) in [5, 5.41) is 3.10. The van der Waals surface area contributed by atoms with Gasteiger partial charge in [-0.05, 0) is 96.1 Å². The fraction of sp³-hybridized carbons (Fsp3) is 0.436. The lowest BCUT2D eigenvalue weighted by Crippen LogP contribution is -2.53. The number of carbonyl (C=O) groups excluding carboxylic acids is 2. The van der Waals surface area contributed by atoms with Crippen molar-refractivity contribution in [3.8, 4) is 0 Å². The molecule has 0 spiro atoms. The molecule has 11 heteroatoms. The van der Waals surface area contributed by atoms with Crippen LogP contribution < -0.4 is 20.7 Å². The normalized spacial score (nSPS) is 21.6. The Bertz CT molecular complexity index is 2170. The van der Waals surface area contributed by atoms with Gasteiger partial charge in [0.2, 0.25) is 17.6 Å². The molecule has 3 aliphatic heterocycles. The molecule has 0 radical (unpaired) electrons. The second-order valence-electron chi connectivity index (χ2n) is 14.5. The van der Waals surface area contributed by atoms with E-state index in [9.17, 15) is 14.4 Å². The van der Waals surface area contributed by atoms with Crippen LogP contribution in [0.15, 0.2) is 69.9 Å². The Morgan fingerprint density at radius 3 is 2.16 bits per heavy atom. The molecule has 4 aliphatic rings. The van der Waals surface area contributed by atoms with Gasteiger partial charge in [0.05, 0.1) is 27.9 Å². The molecule has 2 amide bonds. The van der Waals surface area contributed by atoms with Gasteiger partial charge in [-0.25, -0.2) is 0 Å². The van der Waals surface area contributed by atoms with Gasteiger partial charge < -0.3 is 14.4 Å². The molecule has 1 aliphatic carbocycles. The number of imide groups is 1. The van der Waals surface area contributed by atoms with Crippen molar-refractivity contribution in [2.75, 3.05) is 49.1 Å². The monoisotopic (exact) mass is 735 g/mol. The SMILES string of the molecule is O=C1CCC(c2ccc(N3CCN(C4CCN(c5ccc6c(c5)n(C5CCCC5)c5nc(=O)c7c(Br)cccc7n65)CC4)CC3)cc2)C(=O)N1. The second kappa shape index (κ2) is 12.8. The summed E-state index contributed by atoms with van der Waals surface area (Å²) < 4.78 is 5.34. The van der Waals surface area contributed by atoms with Crippen LogP contribution in [0.1, 0.15) is 68.9 Å². The molecule has 9 rings (SSSR count). The van der Waals surface area contributed by atoms with Gasteiger partial charge in [-0.3, -0.25) is 29.0 Å². The Balaban J connectivity index is 0.891. The maximum Gasteiger partial charge on any atom is 0.283 e. The third kappa shape index (κ3) is 5.49. The molecule has 3 saturated heterocycles. The molecular formula is C39H42BrN7O3. The number of nitrogens with one attached hydrogen (secondary N) is 1. The molecule has 10 nitrogen and oxygen atoms in total. The number of carbonyl (C=O) groups is 2. The quantitative estimate of drug-likeness (QED) is 0.222. The molecular weight excluding hydrogens is 694 g/mol. The zero-order valence-electron chi connectivity index (χ0n) is 28.2. The molecule has 4 fully saturated rings. The van der Waals surface area contributed by atoms with Crippen LogP contribution in [0.25, 0.3) is 27.7 Å². The Labute approximate surface area is 299 Å². The highest BCUT2D eigenvalue weighted by atomic mass is 79.9. The summed E-state index contributed by atoms with van der Waals surface area (Å²) in [5.74, 6) is 0.156. The number of piperidine rings is 2. The van der Waals surface area contributed by atoms with Crippen LogP contribution in [-0.4, -0.2) is 76.0 Å². The largest absolute Gasteiger partial charge is 0.371 e. The lowest BCUT2D eigenvalue weighted by atomic mass is 9.90. The van der Waals surface area contributed by atoms with Gasteiger partial charge in [-0.15, -0.1) is 0 Å². The summed E-state index contributed by atoms with van der Waals surface area (Å²) >= 11 is 3.61. The zero-order valence-corrected chi connectivity index (χ0v) is 29.8. The number of nitrogens with zero attached hydrogens (tertiary/aromatic N) is 6. The molecule has 2 aromatic heterocycles. The number of fused-ring (bicyclic) bond motifs is 5. The highest BCUT2D eigenvalue weighted by Crippen LogP contribution is 2.38. The van der Waals surface area contributed by atoms with E-state index in [1.54, 1.807) is 0 Å². The van der Waals surface area contributed by atoms with Crippen molar-refractivity contribution in [1.82, 2.24) is 24.2 Å². The lowest BCUT2D eigenvalue weighted by Gasteiger charge is -2.44. The summed E-state index contributed by atoms with van der Waals surface area (Å²) in [6.45, 7) is 6.11. The van der Waals surface area contributed by atoms with E-state index in [2.05, 4.69) is 87.4 Å². The van der Waals surface area contributed by atoms with E-state index in [0.29, 0.717) is 30.3 Å². The number of aromatic nitrogens is 3. The number of amides is 2. The van der Waals surface area contributed by atoms with Gasteiger partial charge in [0.1, 0.15) is 0 Å². The number of hydrogen-bond donors (Lipinski definition) is 1. The van der Waals surface area contributed by atoms with Crippen molar-refractivity contribution in [3.05, 3.63) is 81.1 Å². The van der Waals surface area contributed by atoms with Gasteiger partial charge in [0.25, 0.3) is 5.56 Å². The van der Waals surface area contributed by atoms with Crippen molar-refractivity contribution in [2.24, 2.45) is 0 Å². The molecule has 50 heavy (non-hydrogen) atoms. The van der Waals surface area contributed by atoms with E-state index in [1.165, 1.54) is 24.2 Å². The Hall–Kier alpha value is -4.22. The van der Waals surface area contributed by atoms with Gasteiger partial charge in [-0.1, -0.05) is 31.0 Å². The maximum atomic E-state index is 13.3. The third-order valence-electron chi connectivity index (χ3n) is 11.8. The number of anilines is 2. The Morgan fingerprint density at radius 1 is 0.700 bits per heavy atom. The third-order valence-corrected chi connectivity index (χ3v) is 12.4. The Kier molecular flexibility index (Phi) is 8.15. The van der Waals surface area contributed by atoms with Crippen molar-refractivity contribution < 1.29 is 9.59 Å². The van der Waals surface area contributed by atoms with Gasteiger partial charge in [-0.2, -0.15) is 4.98 Å². The van der Waals surface area contributed by atoms with Crippen LogP contribution >= 0.6 is 15.9 Å². The van der Waals surface area contributed by atoms with E-state index >= 15 is 0 Å². The van der Waals surface area contributed by atoms with Crippen molar-refractivity contribution in [2.45, 2.75) is 69.4 Å². The van der Waals surface area contributed by atoms with Crippen LogP contribution in [0, 0.1) is 0 Å². The molecule has 1 atom stereocenters. The standard InChI is InChI=1S/C39H42BrN7O3/c40-31-6-3-7-33-36(31)38(50)42-39-46(28-4-1-2-5-28)34-24-29(12-14-32(34)47(33)39)43-18-16-27(17-19-43)45-22-20-44(21-23-45)26-10-8-25(9-11-26)30-13-15-35(48)41-37(30)49/h3,6-12,14,24,27-28,30H,1-2,4-5,13,15-23H2,(H,41,48,49). The smallest absolute Gasteiger partial charge is 0.283 e. The first-order valence-electron chi connectivity index (χ1n) is 18.3. The number of halogens is 1. The highest BCUT2D eigenvalue weighted by molar-refractivity contribution is 9.10. The summed E-state index contributed by atoms with van der Waals surface area (Å²) in [6, 6.07) is 22.1. The van der Waals surface area contributed by atoms with Gasteiger partial charge in [0.15, 0.2) is 0 Å². The molecule has 1 saturated carbocycles. The zero-order chi connectivity index (χ0) is 33.9. The van der Waals surface area contributed by atoms with E-state index in [0.717, 1.165) is 97.3 Å². The van der Waals surface area contributed by atoms with Crippen molar-refractivity contribution >= 4 is 66.8 Å². The minimum atomic E-state index is -0.241. The Morgan fingerprint density at radius 2 is 1.42 bits per heavy atom. The summed E-state index contributed by atoms with van der Waals surface area (Å²) in [5.41, 5.74) is 6.41. The van der Waals surface area contributed by atoms with E-state index in [4.69, 9.17) is 4.98 Å². The highest BCUT2D eigenvalue weighted by Gasteiger charge is 2.31. The average Bonchev–Trinajstić information content (AvgIpc) is 3.78. The number of hydrogen-bond acceptors (Lipinski definition) is 7. The van der Waals surface area contributed by atoms with E-state index < -0.39 is 0 Å². The average molecular weight is 737 g/mol.